The van der Waals surface area contributed by atoms with Crippen LogP contribution in [0.15, 0.2) is 54.6 Å². The fraction of sp³-hybridized carbons (Fsp3) is 0.417. The smallest absolute Gasteiger partial charge is 0.265 e. The van der Waals surface area contributed by atoms with E-state index in [2.05, 4.69) is 36.5 Å². The highest BCUT2D eigenvalue weighted by Crippen LogP contribution is 2.31. The first-order valence-corrected chi connectivity index (χ1v) is 10.8. The van der Waals surface area contributed by atoms with Crippen molar-refractivity contribution in [3.8, 4) is 5.75 Å². The molecule has 1 heterocycles. The maximum atomic E-state index is 12.4. The summed E-state index contributed by atoms with van der Waals surface area (Å²) in [7, 11) is 0. The largest absolute Gasteiger partial charge is 0.482 e. The van der Waals surface area contributed by atoms with Crippen LogP contribution >= 0.6 is 0 Å². The Labute approximate surface area is 178 Å². The van der Waals surface area contributed by atoms with E-state index in [9.17, 15) is 9.59 Å². The van der Waals surface area contributed by atoms with Crippen LogP contribution in [0, 0.1) is 0 Å². The van der Waals surface area contributed by atoms with Gasteiger partial charge in [0.25, 0.3) is 5.91 Å². The van der Waals surface area contributed by atoms with E-state index in [0.29, 0.717) is 18.0 Å². The first-order valence-electron chi connectivity index (χ1n) is 10.8. The van der Waals surface area contributed by atoms with Crippen molar-refractivity contribution in [2.75, 3.05) is 37.7 Å². The summed E-state index contributed by atoms with van der Waals surface area (Å²) in [5.74, 6) is 0.307. The molecule has 2 aromatic rings. The Bertz CT molecular complexity index is 825. The molecular weight excluding hydrogens is 378 g/mol. The van der Waals surface area contributed by atoms with E-state index in [1.54, 1.807) is 6.07 Å². The van der Waals surface area contributed by atoms with Crippen LogP contribution in [0.1, 0.15) is 31.7 Å². The molecule has 0 bridgehead atoms. The summed E-state index contributed by atoms with van der Waals surface area (Å²) < 4.78 is 5.43. The molecule has 2 aromatic carbocycles. The van der Waals surface area contributed by atoms with E-state index in [-0.39, 0.29) is 25.0 Å². The Balaban J connectivity index is 1.44. The molecule has 6 heteroatoms. The molecule has 1 unspecified atom stereocenters. The van der Waals surface area contributed by atoms with Gasteiger partial charge < -0.3 is 15.0 Å². The van der Waals surface area contributed by atoms with Gasteiger partial charge in [0, 0.05) is 18.5 Å². The fourth-order valence-electron chi connectivity index (χ4n) is 3.71. The van der Waals surface area contributed by atoms with Crippen molar-refractivity contribution >= 4 is 17.5 Å². The minimum atomic E-state index is -0.193. The van der Waals surface area contributed by atoms with Crippen molar-refractivity contribution in [1.29, 1.82) is 0 Å². The maximum Gasteiger partial charge on any atom is 0.265 e. The lowest BCUT2D eigenvalue weighted by Crippen LogP contribution is -3.10. The van der Waals surface area contributed by atoms with E-state index in [0.717, 1.165) is 26.1 Å². The Morgan fingerprint density at radius 2 is 1.80 bits per heavy atom. The van der Waals surface area contributed by atoms with Crippen molar-refractivity contribution in [2.45, 2.75) is 32.7 Å². The van der Waals surface area contributed by atoms with Crippen LogP contribution in [-0.2, 0) is 16.1 Å². The van der Waals surface area contributed by atoms with Crippen LogP contribution in [0.5, 0.6) is 5.75 Å². The predicted molar refractivity (Wildman–Crippen MR) is 118 cm³/mol. The number of nitrogens with zero attached hydrogens (tertiary/aromatic N) is 1. The van der Waals surface area contributed by atoms with E-state index in [1.807, 2.05) is 24.3 Å². The van der Waals surface area contributed by atoms with Gasteiger partial charge in [0.2, 0.25) is 5.91 Å². The first kappa shape index (κ1) is 21.8. The molecule has 0 spiro atoms. The highest BCUT2D eigenvalue weighted by atomic mass is 16.5. The van der Waals surface area contributed by atoms with E-state index < -0.39 is 0 Å². The average Bonchev–Trinajstić information content (AvgIpc) is 2.77. The summed E-state index contributed by atoms with van der Waals surface area (Å²) in [5, 5.41) is 2.97. The van der Waals surface area contributed by atoms with Crippen molar-refractivity contribution in [3.63, 3.8) is 0 Å². The van der Waals surface area contributed by atoms with Crippen molar-refractivity contribution < 1.29 is 19.2 Å². The monoisotopic (exact) mass is 410 g/mol. The van der Waals surface area contributed by atoms with Gasteiger partial charge in [0.05, 0.1) is 18.8 Å². The van der Waals surface area contributed by atoms with Crippen molar-refractivity contribution in [1.82, 2.24) is 5.32 Å². The van der Waals surface area contributed by atoms with Gasteiger partial charge in [-0.1, -0.05) is 55.8 Å². The topological polar surface area (TPSA) is 63.1 Å². The molecule has 6 nitrogen and oxygen atoms in total. The average molecular weight is 411 g/mol. The summed E-state index contributed by atoms with van der Waals surface area (Å²) in [6.07, 6.45) is 3.29. The van der Waals surface area contributed by atoms with Gasteiger partial charge in [-0.2, -0.15) is 0 Å². The summed E-state index contributed by atoms with van der Waals surface area (Å²) in [6, 6.07) is 17.9. The molecule has 1 aliphatic rings. The number of quaternary nitrogens is 1. The summed E-state index contributed by atoms with van der Waals surface area (Å²) in [6.45, 7) is 5.98. The SMILES string of the molecule is CCCC[NH+](CCCNC(=O)CN1C(=O)COc2ccccc21)Cc1ccccc1. The quantitative estimate of drug-likeness (QED) is 0.556. The van der Waals surface area contributed by atoms with Crippen molar-refractivity contribution in [3.05, 3.63) is 60.2 Å². The summed E-state index contributed by atoms with van der Waals surface area (Å²) >= 11 is 0. The second kappa shape index (κ2) is 11.4. The molecule has 0 radical (unpaired) electrons. The zero-order valence-corrected chi connectivity index (χ0v) is 17.7. The number of benzene rings is 2. The molecule has 1 aliphatic heterocycles. The third kappa shape index (κ3) is 6.32. The van der Waals surface area contributed by atoms with E-state index in [1.165, 1.54) is 28.2 Å². The molecule has 0 aromatic heterocycles. The van der Waals surface area contributed by atoms with Gasteiger partial charge in [-0.25, -0.2) is 0 Å². The van der Waals surface area contributed by atoms with Crippen LogP contribution in [0.3, 0.4) is 0 Å². The van der Waals surface area contributed by atoms with Crippen LogP contribution in [0.4, 0.5) is 5.69 Å². The number of amides is 2. The number of hydrogen-bond donors (Lipinski definition) is 2. The Hall–Kier alpha value is -2.86. The number of nitrogens with one attached hydrogen (secondary N) is 2. The van der Waals surface area contributed by atoms with E-state index >= 15 is 0 Å². The number of para-hydroxylation sites is 2. The molecule has 0 saturated heterocycles. The molecule has 3 rings (SSSR count). The number of hydrogen-bond acceptors (Lipinski definition) is 3. The minimum Gasteiger partial charge on any atom is -0.482 e. The molecule has 2 amide bonds. The third-order valence-corrected chi connectivity index (χ3v) is 5.32. The molecule has 0 fully saturated rings. The Morgan fingerprint density at radius 1 is 1.07 bits per heavy atom. The second-order valence-corrected chi connectivity index (χ2v) is 7.71. The number of rotatable bonds is 11. The van der Waals surface area contributed by atoms with E-state index in [4.69, 9.17) is 4.74 Å². The Morgan fingerprint density at radius 3 is 2.60 bits per heavy atom. The van der Waals surface area contributed by atoms with Crippen LogP contribution in [0.2, 0.25) is 0 Å². The molecule has 0 aliphatic carbocycles. The number of unbranched alkanes of at least 4 members (excludes halogenated alkanes) is 1. The number of anilines is 1. The van der Waals surface area contributed by atoms with Gasteiger partial charge in [-0.15, -0.1) is 0 Å². The normalized spacial score (nSPS) is 14.0. The summed E-state index contributed by atoms with van der Waals surface area (Å²) in [4.78, 5) is 27.7. The lowest BCUT2D eigenvalue weighted by molar-refractivity contribution is -0.914. The number of carbonyl (C=O) groups excluding carboxylic acids is 2. The predicted octanol–water partition coefficient (Wildman–Crippen LogP) is 1.80. The zero-order valence-electron chi connectivity index (χ0n) is 17.7. The van der Waals surface area contributed by atoms with Gasteiger partial charge in [0.1, 0.15) is 18.8 Å². The number of ether oxygens (including phenoxy) is 1. The first-order chi connectivity index (χ1) is 14.7. The van der Waals surface area contributed by atoms with Gasteiger partial charge in [0.15, 0.2) is 6.61 Å². The van der Waals surface area contributed by atoms with Gasteiger partial charge in [-0.3, -0.25) is 14.5 Å². The molecule has 0 saturated carbocycles. The maximum absolute atomic E-state index is 12.4. The lowest BCUT2D eigenvalue weighted by Gasteiger charge is -2.28. The Kier molecular flexibility index (Phi) is 8.27. The van der Waals surface area contributed by atoms with Gasteiger partial charge >= 0.3 is 0 Å². The summed E-state index contributed by atoms with van der Waals surface area (Å²) in [5.41, 5.74) is 2.00. The van der Waals surface area contributed by atoms with Crippen LogP contribution < -0.4 is 19.9 Å². The minimum absolute atomic E-state index is 0.0234. The van der Waals surface area contributed by atoms with Gasteiger partial charge in [-0.05, 0) is 18.6 Å². The number of fused-ring (bicyclic) bond motifs is 1. The molecule has 2 N–H and O–H groups in total. The van der Waals surface area contributed by atoms with Crippen LogP contribution in [-0.4, -0.2) is 44.6 Å². The lowest BCUT2D eigenvalue weighted by atomic mass is 10.2. The standard InChI is InChI=1S/C24H31N3O3/c1-2-3-15-26(17-20-10-5-4-6-11-20)16-9-14-25-23(28)18-27-21-12-7-8-13-22(21)30-19-24(27)29/h4-8,10-13H,2-3,9,14-19H2,1H3,(H,25,28)/p+1. The molecule has 160 valence electrons. The number of carbonyl (C=O) groups is 2. The fourth-order valence-corrected chi connectivity index (χ4v) is 3.71. The van der Waals surface area contributed by atoms with Crippen LogP contribution in [0.25, 0.3) is 0 Å². The third-order valence-electron chi connectivity index (χ3n) is 5.32. The highest BCUT2D eigenvalue weighted by molar-refractivity contribution is 6.02. The molecule has 30 heavy (non-hydrogen) atoms. The molecule has 1 atom stereocenters. The second-order valence-electron chi connectivity index (χ2n) is 7.71. The highest BCUT2D eigenvalue weighted by Gasteiger charge is 2.26. The van der Waals surface area contributed by atoms with Crippen molar-refractivity contribution in [2.24, 2.45) is 0 Å². The zero-order chi connectivity index (χ0) is 21.2. The molecular formula is C24H32N3O3+.